The fraction of sp³-hybridized carbons (Fsp3) is 0.250. The third-order valence-corrected chi connectivity index (χ3v) is 4.34. The van der Waals surface area contributed by atoms with Crippen LogP contribution in [0.2, 0.25) is 0 Å². The Balaban J connectivity index is 1.89. The number of carbonyl (C=O) groups excluding carboxylic acids is 1. The number of methoxy groups -OCH3 is 2. The van der Waals surface area contributed by atoms with Crippen LogP contribution in [0.1, 0.15) is 34.1 Å². The van der Waals surface area contributed by atoms with E-state index in [1.165, 1.54) is 14.2 Å². The SMILES string of the molecule is COc1ccc(C(CC(=O)O)NC(=O)c2cn3ccc(C)cc3n2)cc1OC. The zero-order valence-corrected chi connectivity index (χ0v) is 15.8. The Hall–Kier alpha value is -3.55. The molecule has 0 saturated heterocycles. The van der Waals surface area contributed by atoms with Crippen LogP contribution < -0.4 is 14.8 Å². The molecule has 1 unspecified atom stereocenters. The van der Waals surface area contributed by atoms with Gasteiger partial charge in [0.2, 0.25) is 0 Å². The van der Waals surface area contributed by atoms with Crippen molar-refractivity contribution in [3.05, 3.63) is 59.5 Å². The predicted octanol–water partition coefficient (Wildman–Crippen LogP) is 2.61. The van der Waals surface area contributed by atoms with Crippen LogP contribution in [0.4, 0.5) is 0 Å². The predicted molar refractivity (Wildman–Crippen MR) is 102 cm³/mol. The first-order chi connectivity index (χ1) is 13.4. The molecule has 0 saturated carbocycles. The largest absolute Gasteiger partial charge is 0.493 e. The average Bonchev–Trinajstić information content (AvgIpc) is 3.09. The van der Waals surface area contributed by atoms with E-state index >= 15 is 0 Å². The number of fused-ring (bicyclic) bond motifs is 1. The van der Waals surface area contributed by atoms with E-state index in [1.54, 1.807) is 28.8 Å². The maximum absolute atomic E-state index is 12.7. The average molecular weight is 383 g/mol. The number of hydrogen-bond acceptors (Lipinski definition) is 5. The van der Waals surface area contributed by atoms with Gasteiger partial charge in [0, 0.05) is 12.4 Å². The van der Waals surface area contributed by atoms with Gasteiger partial charge in [0.1, 0.15) is 11.3 Å². The molecule has 3 rings (SSSR count). The lowest BCUT2D eigenvalue weighted by atomic mass is 10.0. The number of ether oxygens (including phenoxy) is 2. The van der Waals surface area contributed by atoms with Crippen LogP contribution in [-0.2, 0) is 4.79 Å². The van der Waals surface area contributed by atoms with Crippen molar-refractivity contribution in [2.45, 2.75) is 19.4 Å². The Morgan fingerprint density at radius 1 is 1.18 bits per heavy atom. The summed E-state index contributed by atoms with van der Waals surface area (Å²) in [6.45, 7) is 1.94. The minimum Gasteiger partial charge on any atom is -0.493 e. The van der Waals surface area contributed by atoms with Crippen LogP contribution in [0, 0.1) is 6.92 Å². The Labute approximate surface area is 161 Å². The fourth-order valence-corrected chi connectivity index (χ4v) is 2.92. The van der Waals surface area contributed by atoms with E-state index in [0.717, 1.165) is 5.56 Å². The summed E-state index contributed by atoms with van der Waals surface area (Å²) >= 11 is 0. The minimum absolute atomic E-state index is 0.210. The van der Waals surface area contributed by atoms with Crippen LogP contribution in [0.15, 0.2) is 42.7 Å². The standard InChI is InChI=1S/C20H21N3O5/c1-12-6-7-23-11-15(21-18(23)8-12)20(26)22-14(10-19(24)25)13-4-5-16(27-2)17(9-13)28-3/h4-9,11,14H,10H2,1-3H3,(H,22,26)(H,24,25). The summed E-state index contributed by atoms with van der Waals surface area (Å²) in [4.78, 5) is 28.4. The summed E-state index contributed by atoms with van der Waals surface area (Å²) in [6.07, 6.45) is 3.14. The molecule has 0 aliphatic heterocycles. The maximum Gasteiger partial charge on any atom is 0.305 e. The van der Waals surface area contributed by atoms with Gasteiger partial charge in [-0.2, -0.15) is 0 Å². The third kappa shape index (κ3) is 4.06. The van der Waals surface area contributed by atoms with E-state index in [0.29, 0.717) is 22.7 Å². The zero-order chi connectivity index (χ0) is 20.3. The van der Waals surface area contributed by atoms with E-state index in [2.05, 4.69) is 10.3 Å². The van der Waals surface area contributed by atoms with E-state index in [9.17, 15) is 14.7 Å². The molecule has 1 atom stereocenters. The van der Waals surface area contributed by atoms with Crippen molar-refractivity contribution in [1.29, 1.82) is 0 Å². The van der Waals surface area contributed by atoms with Crippen molar-refractivity contribution in [2.24, 2.45) is 0 Å². The van der Waals surface area contributed by atoms with Gasteiger partial charge < -0.3 is 24.3 Å². The van der Waals surface area contributed by atoms with Gasteiger partial charge in [-0.25, -0.2) is 4.98 Å². The van der Waals surface area contributed by atoms with Crippen molar-refractivity contribution in [2.75, 3.05) is 14.2 Å². The molecule has 2 aromatic heterocycles. The van der Waals surface area contributed by atoms with Crippen LogP contribution in [0.5, 0.6) is 11.5 Å². The van der Waals surface area contributed by atoms with Gasteiger partial charge in [0.25, 0.3) is 5.91 Å². The number of carboxylic acids is 1. The van der Waals surface area contributed by atoms with Crippen molar-refractivity contribution in [3.8, 4) is 11.5 Å². The molecule has 2 N–H and O–H groups in total. The highest BCUT2D eigenvalue weighted by Crippen LogP contribution is 2.31. The second-order valence-electron chi connectivity index (χ2n) is 6.33. The number of hydrogen-bond donors (Lipinski definition) is 2. The van der Waals surface area contributed by atoms with Gasteiger partial charge in [0.05, 0.1) is 26.7 Å². The number of pyridine rings is 1. The number of rotatable bonds is 7. The van der Waals surface area contributed by atoms with E-state index < -0.39 is 17.9 Å². The minimum atomic E-state index is -1.04. The maximum atomic E-state index is 12.7. The van der Waals surface area contributed by atoms with Crippen LogP contribution in [0.3, 0.4) is 0 Å². The Bertz CT molecular complexity index is 1030. The number of aryl methyl sites for hydroxylation is 1. The number of aliphatic carboxylic acids is 1. The van der Waals surface area contributed by atoms with Crippen LogP contribution in [-0.4, -0.2) is 40.6 Å². The molecule has 0 aliphatic carbocycles. The number of carboxylic acid groups (broad SMARTS) is 1. The Kier molecular flexibility index (Phi) is 5.49. The molecule has 0 fully saturated rings. The topological polar surface area (TPSA) is 102 Å². The number of nitrogens with zero attached hydrogens (tertiary/aromatic N) is 2. The van der Waals surface area contributed by atoms with Gasteiger partial charge >= 0.3 is 5.97 Å². The molecule has 0 bridgehead atoms. The highest BCUT2D eigenvalue weighted by Gasteiger charge is 2.22. The molecule has 0 spiro atoms. The Morgan fingerprint density at radius 2 is 1.93 bits per heavy atom. The lowest BCUT2D eigenvalue weighted by Crippen LogP contribution is -2.30. The number of aromatic nitrogens is 2. The van der Waals surface area contributed by atoms with Gasteiger partial charge in [-0.3, -0.25) is 9.59 Å². The summed E-state index contributed by atoms with van der Waals surface area (Å²) in [5.74, 6) is -0.525. The molecule has 8 nitrogen and oxygen atoms in total. The molecular weight excluding hydrogens is 362 g/mol. The second kappa shape index (κ2) is 7.99. The molecular formula is C20H21N3O5. The molecule has 0 radical (unpaired) electrons. The molecule has 8 heteroatoms. The molecule has 0 aliphatic rings. The normalized spacial score (nSPS) is 11.8. The number of nitrogens with one attached hydrogen (secondary N) is 1. The summed E-state index contributed by atoms with van der Waals surface area (Å²) < 4.78 is 12.2. The van der Waals surface area contributed by atoms with Gasteiger partial charge in [0.15, 0.2) is 11.5 Å². The van der Waals surface area contributed by atoms with Crippen molar-refractivity contribution >= 4 is 17.5 Å². The fourth-order valence-electron chi connectivity index (χ4n) is 2.92. The highest BCUT2D eigenvalue weighted by atomic mass is 16.5. The van der Waals surface area contributed by atoms with Gasteiger partial charge in [-0.15, -0.1) is 0 Å². The number of carbonyl (C=O) groups is 2. The third-order valence-electron chi connectivity index (χ3n) is 4.34. The zero-order valence-electron chi connectivity index (χ0n) is 15.8. The van der Waals surface area contributed by atoms with Crippen molar-refractivity contribution < 1.29 is 24.2 Å². The number of imidazole rings is 1. The number of amides is 1. The molecule has 28 heavy (non-hydrogen) atoms. The molecule has 3 aromatic rings. The molecule has 2 heterocycles. The van der Waals surface area contributed by atoms with Crippen molar-refractivity contribution in [1.82, 2.24) is 14.7 Å². The van der Waals surface area contributed by atoms with E-state index in [4.69, 9.17) is 9.47 Å². The quantitative estimate of drug-likeness (QED) is 0.650. The lowest BCUT2D eigenvalue weighted by molar-refractivity contribution is -0.137. The monoisotopic (exact) mass is 383 g/mol. The molecule has 1 amide bonds. The van der Waals surface area contributed by atoms with Gasteiger partial charge in [-0.05, 0) is 42.3 Å². The summed E-state index contributed by atoms with van der Waals surface area (Å²) in [7, 11) is 3.00. The van der Waals surface area contributed by atoms with Crippen LogP contribution >= 0.6 is 0 Å². The summed E-state index contributed by atoms with van der Waals surface area (Å²) in [5.41, 5.74) is 2.47. The first kappa shape index (κ1) is 19.2. The highest BCUT2D eigenvalue weighted by molar-refractivity contribution is 5.93. The summed E-state index contributed by atoms with van der Waals surface area (Å²) in [6, 6.07) is 8.04. The molecule has 1 aromatic carbocycles. The molecule has 146 valence electrons. The first-order valence-corrected chi connectivity index (χ1v) is 8.61. The van der Waals surface area contributed by atoms with Crippen LogP contribution in [0.25, 0.3) is 5.65 Å². The summed E-state index contributed by atoms with van der Waals surface area (Å²) in [5, 5.41) is 12.0. The van der Waals surface area contributed by atoms with Crippen molar-refractivity contribution in [3.63, 3.8) is 0 Å². The first-order valence-electron chi connectivity index (χ1n) is 8.61. The second-order valence-corrected chi connectivity index (χ2v) is 6.33. The lowest BCUT2D eigenvalue weighted by Gasteiger charge is -2.18. The number of benzene rings is 1. The van der Waals surface area contributed by atoms with E-state index in [1.807, 2.05) is 25.3 Å². The smallest absolute Gasteiger partial charge is 0.305 e. The van der Waals surface area contributed by atoms with Gasteiger partial charge in [-0.1, -0.05) is 6.07 Å². The van der Waals surface area contributed by atoms with E-state index in [-0.39, 0.29) is 12.1 Å². The Morgan fingerprint density at radius 3 is 2.61 bits per heavy atom.